The van der Waals surface area contributed by atoms with E-state index in [9.17, 15) is 0 Å². The Morgan fingerprint density at radius 3 is 0.935 bits per heavy atom. The number of fused-ring (bicyclic) bond motifs is 24. The Hall–Kier alpha value is -15.9. The molecule has 25 rings (SSSR count). The van der Waals surface area contributed by atoms with Crippen molar-refractivity contribution in [3.05, 3.63) is 482 Å². The molecule has 2 spiro atoms. The maximum Gasteiger partial charge on any atom is 0.171 e. The van der Waals surface area contributed by atoms with Gasteiger partial charge in [0.05, 0.1) is 56.0 Å². The van der Waals surface area contributed by atoms with Gasteiger partial charge in [-0.15, -0.1) is 0 Å². The second-order valence-corrected chi connectivity index (χ2v) is 35.0. The Morgan fingerprint density at radius 1 is 0.210 bits per heavy atom. The van der Waals surface area contributed by atoms with Crippen LogP contribution in [0, 0.1) is 0 Å². The van der Waals surface area contributed by atoms with Crippen molar-refractivity contribution in [2.24, 2.45) is 0 Å². The van der Waals surface area contributed by atoms with Crippen LogP contribution >= 0.6 is 7.14 Å². The highest BCUT2D eigenvalue weighted by molar-refractivity contribution is 7.85. The average Bonchev–Trinajstić information content (AvgIpc) is 1.48. The van der Waals surface area contributed by atoms with Crippen LogP contribution in [0.3, 0.4) is 0 Å². The van der Waals surface area contributed by atoms with Crippen molar-refractivity contribution in [3.63, 3.8) is 0 Å². The molecule has 5 aromatic heterocycles. The summed E-state index contributed by atoms with van der Waals surface area (Å²) in [5, 5.41) is 8.95. The van der Waals surface area contributed by atoms with Crippen LogP contribution in [-0.4, -0.2) is 24.9 Å². The summed E-state index contributed by atoms with van der Waals surface area (Å²) < 4.78 is 29.0. The van der Waals surface area contributed by atoms with E-state index in [1.165, 1.54) is 44.5 Å². The van der Waals surface area contributed by atoms with Gasteiger partial charge in [0.25, 0.3) is 0 Å². The highest BCUT2D eigenvalue weighted by Crippen LogP contribution is 2.65. The zero-order chi connectivity index (χ0) is 82.0. The minimum absolute atomic E-state index is 0.568. The van der Waals surface area contributed by atoms with Crippen LogP contribution in [0.1, 0.15) is 44.5 Å². The first-order valence-corrected chi connectivity index (χ1v) is 43.7. The van der Waals surface area contributed by atoms with E-state index in [-0.39, 0.29) is 0 Å². The van der Waals surface area contributed by atoms with Gasteiger partial charge in [-0.1, -0.05) is 340 Å². The number of rotatable bonds is 10. The highest BCUT2D eigenvalue weighted by Gasteiger charge is 2.53. The van der Waals surface area contributed by atoms with E-state index in [1.54, 1.807) is 12.4 Å². The van der Waals surface area contributed by atoms with Crippen molar-refractivity contribution < 1.29 is 14.0 Å². The number of hydrogen-bond donors (Lipinski definition) is 0. The maximum absolute atomic E-state index is 15.1. The molecule has 8 nitrogen and oxygen atoms in total. The minimum Gasteiger partial charge on any atom is -0.457 e. The Bertz CT molecular complexity index is 7740. The molecule has 16 aromatic carbocycles. The van der Waals surface area contributed by atoms with E-state index in [4.69, 9.17) is 24.4 Å². The minimum atomic E-state index is -3.10. The lowest BCUT2D eigenvalue weighted by Gasteiger charge is -2.39. The van der Waals surface area contributed by atoms with Gasteiger partial charge in [-0.3, -0.25) is 9.97 Å². The van der Waals surface area contributed by atoms with Crippen molar-refractivity contribution >= 4 is 66.4 Å². The zero-order valence-electron chi connectivity index (χ0n) is 67.0. The number of aromatic nitrogens is 5. The average molecular weight is 1600 g/mol. The highest BCUT2D eigenvalue weighted by atomic mass is 31.2. The number of hydrogen-bond acceptors (Lipinski definition) is 8. The van der Waals surface area contributed by atoms with Crippen LogP contribution in [0.4, 0.5) is 0 Å². The number of para-hydroxylation sites is 2. The van der Waals surface area contributed by atoms with Crippen molar-refractivity contribution in [3.8, 4) is 124 Å². The molecule has 0 radical (unpaired) electrons. The molecular weight excluding hydrogens is 1530 g/mol. The standard InChI is InChI=1S/C59H36N4O.C56H36NO2P/c1-2-14-39(15-3-1)58-46-36-57-50(59(49-20-8-9-23-56(49)64-57)47-18-6-4-16-42(47)43-17-5-7-19-48(43)59)35-45(46)44-29-28-40(32-53(44)63-58)37-24-26-38(27-25-37)41-33-54(51-21-10-12-30-60-51)62-55(34-41)52-22-11-13-31-61-52;58-60(40-18-6-2-7-19-40,41-20-8-3-9-21-41)42-31-28-37(29-32-42)39-30-33-45-46-35-51-54(36-47(46)55(57-52(45)34-39)38-16-4-1-5-17-38)59-53-27-15-14-26-50(53)56(51)48-24-12-10-22-43(48)44-23-11-13-25-49(44)56/h1-36H;1-36H. The summed E-state index contributed by atoms with van der Waals surface area (Å²) in [6.45, 7) is 0. The largest absolute Gasteiger partial charge is 0.457 e. The number of pyridine rings is 5. The van der Waals surface area contributed by atoms with E-state index in [0.717, 1.165) is 183 Å². The fraction of sp³-hybridized carbons (Fsp3) is 0.0174. The van der Waals surface area contributed by atoms with Crippen LogP contribution in [0.25, 0.3) is 144 Å². The Labute approximate surface area is 716 Å². The summed E-state index contributed by atoms with van der Waals surface area (Å²) in [4.78, 5) is 25.1. The molecule has 580 valence electrons. The lowest BCUT2D eigenvalue weighted by molar-refractivity contribution is 0.437. The van der Waals surface area contributed by atoms with Gasteiger partial charge >= 0.3 is 0 Å². The molecule has 0 unspecified atom stereocenters. The topological polar surface area (TPSA) is 100.0 Å². The number of benzene rings is 16. The third-order valence-corrected chi connectivity index (χ3v) is 28.7. The molecule has 0 atom stereocenters. The van der Waals surface area contributed by atoms with Crippen LogP contribution < -0.4 is 25.4 Å². The van der Waals surface area contributed by atoms with Gasteiger partial charge in [0.2, 0.25) is 0 Å². The first-order valence-electron chi connectivity index (χ1n) is 42.0. The molecule has 0 amide bonds. The van der Waals surface area contributed by atoms with Crippen LogP contribution in [0.5, 0.6) is 23.0 Å². The Morgan fingerprint density at radius 2 is 0.540 bits per heavy atom. The van der Waals surface area contributed by atoms with Crippen molar-refractivity contribution in [2.75, 3.05) is 0 Å². The predicted molar refractivity (Wildman–Crippen MR) is 504 cm³/mol. The van der Waals surface area contributed by atoms with E-state index < -0.39 is 18.0 Å². The number of ether oxygens (including phenoxy) is 2. The summed E-state index contributed by atoms with van der Waals surface area (Å²) in [7, 11) is -3.10. The van der Waals surface area contributed by atoms with Gasteiger partial charge in [-0.25, -0.2) is 15.0 Å². The fourth-order valence-electron chi connectivity index (χ4n) is 20.1. The summed E-state index contributed by atoms with van der Waals surface area (Å²) in [5.41, 5.74) is 28.9. The summed E-state index contributed by atoms with van der Waals surface area (Å²) in [5.74, 6) is 3.43. The molecule has 2 aliphatic carbocycles. The monoisotopic (exact) mass is 1600 g/mol. The number of nitrogens with zero attached hydrogens (tertiary/aromatic N) is 5. The molecule has 2 aliphatic heterocycles. The quantitative estimate of drug-likeness (QED) is 0.0986. The van der Waals surface area contributed by atoms with Gasteiger partial charge < -0.3 is 14.0 Å². The maximum atomic E-state index is 15.1. The molecule has 4 aliphatic rings. The third kappa shape index (κ3) is 11.3. The Balaban J connectivity index is 0.000000140. The van der Waals surface area contributed by atoms with Crippen molar-refractivity contribution in [1.82, 2.24) is 24.9 Å². The normalized spacial score (nSPS) is 13.1. The second-order valence-electron chi connectivity index (χ2n) is 32.2. The third-order valence-electron chi connectivity index (χ3n) is 25.7. The lowest BCUT2D eigenvalue weighted by atomic mass is 9.65. The first kappa shape index (κ1) is 72.2. The van der Waals surface area contributed by atoms with Gasteiger partial charge in [0.15, 0.2) is 7.14 Å². The van der Waals surface area contributed by atoms with E-state index >= 15 is 4.57 Å². The van der Waals surface area contributed by atoms with E-state index in [1.807, 2.05) is 115 Å². The lowest BCUT2D eigenvalue weighted by Crippen LogP contribution is -2.32. The molecule has 124 heavy (non-hydrogen) atoms. The van der Waals surface area contributed by atoms with Gasteiger partial charge in [-0.05, 0) is 174 Å². The SMILES string of the molecule is O=P(c1ccccc1)(c1ccccc1)c1ccc(-c2ccc3c(c2)nc(-c2ccccc2)c2cc4c(cc23)C2(c3ccccc3O4)c3ccccc3-c3ccccc32)cc1.c1ccc(-c2nc3cc(-c4ccc(-c5cc(-c6ccccn6)nc(-c6ccccn6)c5)cc4)ccc3c3cc4c(cc23)Oc2ccccc2C42c3ccccc3-c3ccccc32)cc1. The van der Waals surface area contributed by atoms with Crippen LogP contribution in [0.2, 0.25) is 0 Å². The molecular formula is C115H72N5O3P. The molecule has 0 N–H and O–H groups in total. The van der Waals surface area contributed by atoms with Gasteiger partial charge in [-0.2, -0.15) is 0 Å². The second kappa shape index (κ2) is 29.0. The summed E-state index contributed by atoms with van der Waals surface area (Å²) >= 11 is 0. The molecule has 9 heteroatoms. The van der Waals surface area contributed by atoms with Crippen LogP contribution in [-0.2, 0) is 15.4 Å². The van der Waals surface area contributed by atoms with Crippen LogP contribution in [0.15, 0.2) is 437 Å². The smallest absolute Gasteiger partial charge is 0.171 e. The van der Waals surface area contributed by atoms with Crippen molar-refractivity contribution in [1.29, 1.82) is 0 Å². The van der Waals surface area contributed by atoms with E-state index in [0.29, 0.717) is 0 Å². The van der Waals surface area contributed by atoms with Crippen molar-refractivity contribution in [2.45, 2.75) is 10.8 Å². The van der Waals surface area contributed by atoms with Gasteiger partial charge in [0.1, 0.15) is 23.0 Å². The molecule has 0 fully saturated rings. The molecule has 0 saturated carbocycles. The molecule has 0 bridgehead atoms. The zero-order valence-corrected chi connectivity index (χ0v) is 67.9. The van der Waals surface area contributed by atoms with Gasteiger partial charge in [0, 0.05) is 83.2 Å². The fourth-order valence-corrected chi connectivity index (χ4v) is 22.8. The molecule has 7 heterocycles. The molecule has 21 aromatic rings. The Kier molecular flexibility index (Phi) is 16.9. The summed E-state index contributed by atoms with van der Waals surface area (Å²) in [6.07, 6.45) is 3.60. The molecule has 0 saturated heterocycles. The van der Waals surface area contributed by atoms with E-state index in [2.05, 4.69) is 319 Å². The first-order chi connectivity index (χ1) is 61.3. The predicted octanol–water partition coefficient (Wildman–Crippen LogP) is 27.2. The summed E-state index contributed by atoms with van der Waals surface area (Å²) in [6, 6.07) is 149.